The lowest BCUT2D eigenvalue weighted by molar-refractivity contribution is 0.108. The van der Waals surface area contributed by atoms with E-state index in [1.807, 2.05) is 19.9 Å². The summed E-state index contributed by atoms with van der Waals surface area (Å²) in [5.41, 5.74) is 6.57. The van der Waals surface area contributed by atoms with E-state index in [4.69, 9.17) is 16.6 Å². The van der Waals surface area contributed by atoms with Crippen molar-refractivity contribution in [2.75, 3.05) is 0 Å². The largest absolute Gasteiger partial charge is 0.276 e. The molecule has 1 unspecified atom stereocenters. The minimum Gasteiger partial charge on any atom is -0.276 e. The number of hydrogen-bond donors (Lipinski definition) is 0. The standard InChI is InChI=1S/C22H22ClNO/c1-5-14(3)16-6-8-17(9-7-16)20-12-19(22(23)25)18-11-13(2)10-15(4)21(18)24-20/h6-12,14H,5H2,1-4H3. The summed E-state index contributed by atoms with van der Waals surface area (Å²) < 4.78 is 0. The van der Waals surface area contributed by atoms with Gasteiger partial charge >= 0.3 is 0 Å². The fourth-order valence-electron chi connectivity index (χ4n) is 3.21. The molecule has 1 atom stereocenters. The second-order valence-corrected chi connectivity index (χ2v) is 7.08. The molecule has 0 aliphatic carbocycles. The number of nitrogens with zero attached hydrogens (tertiary/aromatic N) is 1. The summed E-state index contributed by atoms with van der Waals surface area (Å²) in [4.78, 5) is 16.8. The van der Waals surface area contributed by atoms with Gasteiger partial charge in [-0.3, -0.25) is 4.79 Å². The van der Waals surface area contributed by atoms with Gasteiger partial charge in [-0.05, 0) is 61.0 Å². The van der Waals surface area contributed by atoms with E-state index >= 15 is 0 Å². The van der Waals surface area contributed by atoms with Gasteiger partial charge in [-0.15, -0.1) is 0 Å². The summed E-state index contributed by atoms with van der Waals surface area (Å²) in [5, 5.41) is 0.368. The Labute approximate surface area is 153 Å². The van der Waals surface area contributed by atoms with E-state index in [1.165, 1.54) is 5.56 Å². The third-order valence-corrected chi connectivity index (χ3v) is 5.05. The normalized spacial score (nSPS) is 12.4. The lowest BCUT2D eigenvalue weighted by Gasteiger charge is -2.12. The van der Waals surface area contributed by atoms with E-state index in [0.29, 0.717) is 11.5 Å². The molecule has 1 aromatic heterocycles. The lowest BCUT2D eigenvalue weighted by Crippen LogP contribution is -1.98. The van der Waals surface area contributed by atoms with Gasteiger partial charge in [0.25, 0.3) is 5.24 Å². The van der Waals surface area contributed by atoms with Crippen LogP contribution < -0.4 is 0 Å². The number of aromatic nitrogens is 1. The number of carbonyl (C=O) groups is 1. The fraction of sp³-hybridized carbons (Fsp3) is 0.273. The van der Waals surface area contributed by atoms with Gasteiger partial charge in [-0.2, -0.15) is 0 Å². The maximum Gasteiger partial charge on any atom is 0.253 e. The van der Waals surface area contributed by atoms with Crippen LogP contribution in [0.15, 0.2) is 42.5 Å². The molecule has 3 heteroatoms. The van der Waals surface area contributed by atoms with Crippen LogP contribution in [0.2, 0.25) is 0 Å². The van der Waals surface area contributed by atoms with Gasteiger partial charge in [0.1, 0.15) is 0 Å². The summed E-state index contributed by atoms with van der Waals surface area (Å²) in [7, 11) is 0. The Morgan fingerprint density at radius 1 is 1.12 bits per heavy atom. The molecule has 0 saturated carbocycles. The SMILES string of the molecule is CCC(C)c1ccc(-c2cc(C(=O)Cl)c3cc(C)cc(C)c3n2)cc1. The number of fused-ring (bicyclic) bond motifs is 1. The van der Waals surface area contributed by atoms with Crippen LogP contribution in [-0.2, 0) is 0 Å². The van der Waals surface area contributed by atoms with Crippen molar-refractivity contribution in [3.63, 3.8) is 0 Å². The molecular formula is C22H22ClNO. The number of rotatable bonds is 4. The van der Waals surface area contributed by atoms with Crippen molar-refractivity contribution in [3.05, 3.63) is 64.7 Å². The Morgan fingerprint density at radius 2 is 1.80 bits per heavy atom. The number of pyridine rings is 1. The Kier molecular flexibility index (Phi) is 4.91. The quantitative estimate of drug-likeness (QED) is 0.508. The molecular weight excluding hydrogens is 330 g/mol. The van der Waals surface area contributed by atoms with Crippen LogP contribution in [0.1, 0.15) is 53.2 Å². The van der Waals surface area contributed by atoms with E-state index < -0.39 is 5.24 Å². The van der Waals surface area contributed by atoms with Crippen molar-refractivity contribution in [2.45, 2.75) is 40.0 Å². The molecule has 0 amide bonds. The molecule has 3 rings (SSSR count). The molecule has 0 radical (unpaired) electrons. The maximum absolute atomic E-state index is 12.0. The van der Waals surface area contributed by atoms with Crippen LogP contribution in [0.3, 0.4) is 0 Å². The van der Waals surface area contributed by atoms with Crippen molar-refractivity contribution in [1.29, 1.82) is 0 Å². The molecule has 0 fully saturated rings. The first-order valence-electron chi connectivity index (χ1n) is 8.63. The van der Waals surface area contributed by atoms with Gasteiger partial charge in [0, 0.05) is 16.5 Å². The zero-order valence-corrected chi connectivity index (χ0v) is 15.8. The van der Waals surface area contributed by atoms with Crippen molar-refractivity contribution < 1.29 is 4.79 Å². The fourth-order valence-corrected chi connectivity index (χ4v) is 3.37. The average Bonchev–Trinajstić information content (AvgIpc) is 2.60. The molecule has 1 heterocycles. The number of carbonyl (C=O) groups excluding carboxylic acids is 1. The van der Waals surface area contributed by atoms with Gasteiger partial charge < -0.3 is 0 Å². The molecule has 0 saturated heterocycles. The first kappa shape index (κ1) is 17.6. The van der Waals surface area contributed by atoms with E-state index in [9.17, 15) is 4.79 Å². The lowest BCUT2D eigenvalue weighted by atomic mass is 9.96. The third-order valence-electron chi connectivity index (χ3n) is 4.85. The Morgan fingerprint density at radius 3 is 2.40 bits per heavy atom. The van der Waals surface area contributed by atoms with Gasteiger partial charge in [0.05, 0.1) is 11.2 Å². The van der Waals surface area contributed by atoms with Crippen molar-refractivity contribution in [3.8, 4) is 11.3 Å². The summed E-state index contributed by atoms with van der Waals surface area (Å²) >= 11 is 5.87. The minimum absolute atomic E-state index is 0.449. The molecule has 2 aromatic carbocycles. The van der Waals surface area contributed by atoms with Crippen LogP contribution in [0.4, 0.5) is 0 Å². The van der Waals surface area contributed by atoms with Crippen molar-refractivity contribution in [2.24, 2.45) is 0 Å². The predicted octanol–water partition coefficient (Wildman–Crippen LogP) is 6.41. The molecule has 3 aromatic rings. The second-order valence-electron chi connectivity index (χ2n) is 6.74. The number of hydrogen-bond acceptors (Lipinski definition) is 2. The molecule has 0 N–H and O–H groups in total. The molecule has 0 bridgehead atoms. The van der Waals surface area contributed by atoms with Crippen LogP contribution in [0, 0.1) is 13.8 Å². The first-order chi connectivity index (χ1) is 11.9. The average molecular weight is 352 g/mol. The van der Waals surface area contributed by atoms with Gasteiger partial charge in [0.2, 0.25) is 0 Å². The van der Waals surface area contributed by atoms with Crippen LogP contribution in [0.5, 0.6) is 0 Å². The van der Waals surface area contributed by atoms with Crippen molar-refractivity contribution >= 4 is 27.7 Å². The van der Waals surface area contributed by atoms with Crippen LogP contribution in [-0.4, -0.2) is 10.2 Å². The topological polar surface area (TPSA) is 30.0 Å². The zero-order valence-electron chi connectivity index (χ0n) is 15.1. The molecule has 0 aliphatic heterocycles. The summed E-state index contributed by atoms with van der Waals surface area (Å²) in [6.07, 6.45) is 1.11. The second kappa shape index (κ2) is 6.97. The molecule has 0 aliphatic rings. The summed E-state index contributed by atoms with van der Waals surface area (Å²) in [5.74, 6) is 0.531. The van der Waals surface area contributed by atoms with E-state index in [2.05, 4.69) is 44.2 Å². The highest BCUT2D eigenvalue weighted by Gasteiger charge is 2.14. The van der Waals surface area contributed by atoms with E-state index in [-0.39, 0.29) is 0 Å². The highest BCUT2D eigenvalue weighted by Crippen LogP contribution is 2.30. The molecule has 0 spiro atoms. The Bertz CT molecular complexity index is 944. The first-order valence-corrected chi connectivity index (χ1v) is 9.00. The molecule has 128 valence electrons. The molecule has 2 nitrogen and oxygen atoms in total. The monoisotopic (exact) mass is 351 g/mol. The Hall–Kier alpha value is -2.19. The number of aryl methyl sites for hydroxylation is 2. The van der Waals surface area contributed by atoms with Gasteiger partial charge in [0.15, 0.2) is 0 Å². The van der Waals surface area contributed by atoms with Crippen molar-refractivity contribution in [1.82, 2.24) is 4.98 Å². The Balaban J connectivity index is 2.18. The maximum atomic E-state index is 12.0. The third kappa shape index (κ3) is 3.45. The zero-order chi connectivity index (χ0) is 18.1. The minimum atomic E-state index is -0.449. The summed E-state index contributed by atoms with van der Waals surface area (Å²) in [6.45, 7) is 8.43. The predicted molar refractivity (Wildman–Crippen MR) is 106 cm³/mol. The van der Waals surface area contributed by atoms with Gasteiger partial charge in [-0.25, -0.2) is 4.98 Å². The van der Waals surface area contributed by atoms with E-state index in [0.717, 1.165) is 39.7 Å². The van der Waals surface area contributed by atoms with Crippen LogP contribution in [0.25, 0.3) is 22.2 Å². The number of halogens is 1. The highest BCUT2D eigenvalue weighted by atomic mass is 35.5. The molecule has 25 heavy (non-hydrogen) atoms. The number of benzene rings is 2. The summed E-state index contributed by atoms with van der Waals surface area (Å²) in [6, 6.07) is 14.3. The van der Waals surface area contributed by atoms with E-state index in [1.54, 1.807) is 6.07 Å². The highest BCUT2D eigenvalue weighted by molar-refractivity contribution is 6.68. The van der Waals surface area contributed by atoms with Crippen LogP contribution >= 0.6 is 11.6 Å². The smallest absolute Gasteiger partial charge is 0.253 e. The van der Waals surface area contributed by atoms with Gasteiger partial charge in [-0.1, -0.05) is 49.7 Å².